The number of nitrogen functional groups attached to an aromatic ring is 1. The fourth-order valence-electron chi connectivity index (χ4n) is 2.04. The zero-order valence-corrected chi connectivity index (χ0v) is 11.2. The molecule has 0 saturated carbocycles. The van der Waals surface area contributed by atoms with Crippen molar-refractivity contribution in [3.05, 3.63) is 65.7 Å². The summed E-state index contributed by atoms with van der Waals surface area (Å²) in [7, 11) is 0. The molecule has 0 heterocycles. The number of aliphatic hydroxyl groups is 1. The summed E-state index contributed by atoms with van der Waals surface area (Å²) >= 11 is 0. The normalized spacial score (nSPS) is 13.5. The fraction of sp³-hybridized carbons (Fsp3) is 0.188. The van der Waals surface area contributed by atoms with Gasteiger partial charge in [0.25, 0.3) is 0 Å². The van der Waals surface area contributed by atoms with Crippen molar-refractivity contribution in [3.63, 3.8) is 0 Å². The van der Waals surface area contributed by atoms with E-state index in [1.165, 1.54) is 0 Å². The molecule has 0 radical (unpaired) electrons. The maximum atomic E-state index is 12.2. The Labute approximate surface area is 117 Å². The highest BCUT2D eigenvalue weighted by Gasteiger charge is 2.41. The van der Waals surface area contributed by atoms with E-state index >= 15 is 0 Å². The van der Waals surface area contributed by atoms with E-state index in [2.05, 4.69) is 0 Å². The second-order valence-corrected chi connectivity index (χ2v) is 4.42. The zero-order chi connectivity index (χ0) is 14.6. The summed E-state index contributed by atoms with van der Waals surface area (Å²) in [5.41, 5.74) is 5.27. The van der Waals surface area contributed by atoms with Gasteiger partial charge in [0, 0.05) is 5.69 Å². The van der Waals surface area contributed by atoms with Crippen LogP contribution in [0.25, 0.3) is 0 Å². The maximum Gasteiger partial charge on any atom is 0.347 e. The van der Waals surface area contributed by atoms with Crippen LogP contribution in [0.5, 0.6) is 0 Å². The second kappa shape index (κ2) is 5.75. The van der Waals surface area contributed by atoms with E-state index in [0.717, 1.165) is 0 Å². The molecule has 4 nitrogen and oxygen atoms in total. The minimum Gasteiger partial charge on any atom is -0.463 e. The standard InChI is InChI=1S/C16H17NO3/c1-2-20-15(18)16(19,12-6-4-3-5-7-12)13-8-10-14(17)11-9-13/h3-11,19H,2,17H2,1H3/t16-/m1/s1. The minimum atomic E-state index is -1.83. The predicted molar refractivity (Wildman–Crippen MR) is 76.9 cm³/mol. The lowest BCUT2D eigenvalue weighted by molar-refractivity contribution is -0.161. The van der Waals surface area contributed by atoms with Crippen LogP contribution in [-0.2, 0) is 15.1 Å². The second-order valence-electron chi connectivity index (χ2n) is 4.42. The zero-order valence-electron chi connectivity index (χ0n) is 11.2. The summed E-state index contributed by atoms with van der Waals surface area (Å²) in [6, 6.07) is 15.2. The molecule has 0 bridgehead atoms. The van der Waals surface area contributed by atoms with Crippen molar-refractivity contribution in [2.45, 2.75) is 12.5 Å². The van der Waals surface area contributed by atoms with E-state index in [-0.39, 0.29) is 6.61 Å². The third kappa shape index (κ3) is 2.51. The average Bonchev–Trinajstić information content (AvgIpc) is 2.48. The molecule has 3 N–H and O–H groups in total. The first kappa shape index (κ1) is 14.1. The number of carbonyl (C=O) groups excluding carboxylic acids is 1. The van der Waals surface area contributed by atoms with Crippen molar-refractivity contribution in [2.75, 3.05) is 12.3 Å². The molecule has 0 amide bonds. The Morgan fingerprint density at radius 1 is 1.10 bits per heavy atom. The number of hydrogen-bond acceptors (Lipinski definition) is 4. The van der Waals surface area contributed by atoms with Gasteiger partial charge in [-0.25, -0.2) is 4.79 Å². The molecule has 0 aliphatic carbocycles. The van der Waals surface area contributed by atoms with Crippen LogP contribution in [0, 0.1) is 0 Å². The summed E-state index contributed by atoms with van der Waals surface area (Å²) in [6.45, 7) is 1.90. The molecule has 0 aliphatic heterocycles. The molecular weight excluding hydrogens is 254 g/mol. The number of benzene rings is 2. The van der Waals surface area contributed by atoms with Gasteiger partial charge in [-0.05, 0) is 30.2 Å². The lowest BCUT2D eigenvalue weighted by atomic mass is 9.86. The van der Waals surface area contributed by atoms with Crippen LogP contribution in [0.2, 0.25) is 0 Å². The minimum absolute atomic E-state index is 0.197. The lowest BCUT2D eigenvalue weighted by Crippen LogP contribution is -2.38. The van der Waals surface area contributed by atoms with E-state index in [1.807, 2.05) is 6.07 Å². The molecule has 104 valence electrons. The topological polar surface area (TPSA) is 72.5 Å². The summed E-state index contributed by atoms with van der Waals surface area (Å²) < 4.78 is 5.03. The monoisotopic (exact) mass is 271 g/mol. The first-order valence-corrected chi connectivity index (χ1v) is 6.40. The van der Waals surface area contributed by atoms with Gasteiger partial charge in [-0.2, -0.15) is 0 Å². The van der Waals surface area contributed by atoms with E-state index < -0.39 is 11.6 Å². The van der Waals surface area contributed by atoms with Crippen LogP contribution in [0.4, 0.5) is 5.69 Å². The Morgan fingerprint density at radius 3 is 2.20 bits per heavy atom. The number of hydrogen-bond donors (Lipinski definition) is 2. The highest BCUT2D eigenvalue weighted by atomic mass is 16.5. The van der Waals surface area contributed by atoms with Gasteiger partial charge in [0.2, 0.25) is 5.60 Å². The molecule has 0 aliphatic rings. The first-order chi connectivity index (χ1) is 9.59. The van der Waals surface area contributed by atoms with E-state index in [9.17, 15) is 9.90 Å². The average molecular weight is 271 g/mol. The van der Waals surface area contributed by atoms with Crippen molar-refractivity contribution in [1.29, 1.82) is 0 Å². The van der Waals surface area contributed by atoms with Gasteiger partial charge in [0.15, 0.2) is 0 Å². The Hall–Kier alpha value is -2.33. The molecule has 0 fully saturated rings. The van der Waals surface area contributed by atoms with Crippen LogP contribution in [-0.4, -0.2) is 17.7 Å². The predicted octanol–water partition coefficient (Wildman–Crippen LogP) is 2.07. The molecule has 0 unspecified atom stereocenters. The van der Waals surface area contributed by atoms with Crippen LogP contribution in [0.15, 0.2) is 54.6 Å². The molecule has 20 heavy (non-hydrogen) atoms. The van der Waals surface area contributed by atoms with Gasteiger partial charge in [-0.3, -0.25) is 0 Å². The van der Waals surface area contributed by atoms with Crippen molar-refractivity contribution in [2.24, 2.45) is 0 Å². The van der Waals surface area contributed by atoms with Crippen molar-refractivity contribution in [1.82, 2.24) is 0 Å². The van der Waals surface area contributed by atoms with Gasteiger partial charge in [0.1, 0.15) is 0 Å². The summed E-state index contributed by atoms with van der Waals surface area (Å²) in [5.74, 6) is -0.698. The summed E-state index contributed by atoms with van der Waals surface area (Å²) in [4.78, 5) is 12.2. The van der Waals surface area contributed by atoms with E-state index in [0.29, 0.717) is 16.8 Å². The van der Waals surface area contributed by atoms with E-state index in [4.69, 9.17) is 10.5 Å². The third-order valence-corrected chi connectivity index (χ3v) is 3.09. The van der Waals surface area contributed by atoms with Gasteiger partial charge in [0.05, 0.1) is 6.61 Å². The Kier molecular flexibility index (Phi) is 4.05. The number of carbonyl (C=O) groups is 1. The van der Waals surface area contributed by atoms with Gasteiger partial charge >= 0.3 is 5.97 Å². The highest BCUT2D eigenvalue weighted by Crippen LogP contribution is 2.31. The van der Waals surface area contributed by atoms with Crippen molar-refractivity contribution >= 4 is 11.7 Å². The Bertz CT molecular complexity index is 580. The number of ether oxygens (including phenoxy) is 1. The van der Waals surface area contributed by atoms with Crippen molar-refractivity contribution < 1.29 is 14.6 Å². The molecule has 2 aromatic carbocycles. The Balaban J connectivity index is 2.55. The fourth-order valence-corrected chi connectivity index (χ4v) is 2.04. The van der Waals surface area contributed by atoms with Crippen LogP contribution in [0.3, 0.4) is 0 Å². The number of esters is 1. The van der Waals surface area contributed by atoms with Gasteiger partial charge < -0.3 is 15.6 Å². The molecule has 0 aromatic heterocycles. The summed E-state index contributed by atoms with van der Waals surface area (Å²) in [5, 5.41) is 10.9. The smallest absolute Gasteiger partial charge is 0.347 e. The van der Waals surface area contributed by atoms with Gasteiger partial charge in [-0.1, -0.05) is 42.5 Å². The number of rotatable bonds is 4. The van der Waals surface area contributed by atoms with Crippen LogP contribution in [0.1, 0.15) is 18.1 Å². The molecule has 2 rings (SSSR count). The molecule has 2 aromatic rings. The van der Waals surface area contributed by atoms with Gasteiger partial charge in [-0.15, -0.1) is 0 Å². The third-order valence-electron chi connectivity index (χ3n) is 3.09. The SMILES string of the molecule is CCOC(=O)[C@@](O)(c1ccccc1)c1ccc(N)cc1. The Morgan fingerprint density at radius 2 is 1.65 bits per heavy atom. The molecular formula is C16H17NO3. The molecule has 0 saturated heterocycles. The maximum absolute atomic E-state index is 12.2. The largest absolute Gasteiger partial charge is 0.463 e. The highest BCUT2D eigenvalue weighted by molar-refractivity contribution is 5.85. The molecule has 0 spiro atoms. The van der Waals surface area contributed by atoms with E-state index in [1.54, 1.807) is 55.5 Å². The number of anilines is 1. The van der Waals surface area contributed by atoms with Crippen molar-refractivity contribution in [3.8, 4) is 0 Å². The summed E-state index contributed by atoms with van der Waals surface area (Å²) in [6.07, 6.45) is 0. The van der Waals surface area contributed by atoms with Crippen LogP contribution >= 0.6 is 0 Å². The van der Waals surface area contributed by atoms with Crippen LogP contribution < -0.4 is 5.73 Å². The lowest BCUT2D eigenvalue weighted by Gasteiger charge is -2.26. The number of nitrogens with two attached hydrogens (primary N) is 1. The first-order valence-electron chi connectivity index (χ1n) is 6.40. The molecule has 1 atom stereocenters. The molecule has 4 heteroatoms. The quantitative estimate of drug-likeness (QED) is 0.659.